The van der Waals surface area contributed by atoms with Gasteiger partial charge in [-0.25, -0.2) is 0 Å². The standard InChI is InChI=1S/C14H26O10S2/c1-13(2)20-7-11(24-13)12(26(17,18)19)6-9-10(8-21-25(5,15)16)23-14(3,4)22-9/h9-12H,6-8H2,1-5H3,(H,17,18,19)/t9-,10-,11?,12?/m0/s1. The van der Waals surface area contributed by atoms with Crippen LogP contribution in [0.2, 0.25) is 0 Å². The van der Waals surface area contributed by atoms with Crippen LogP contribution in [0.3, 0.4) is 0 Å². The topological polar surface area (TPSA) is 135 Å². The van der Waals surface area contributed by atoms with Gasteiger partial charge >= 0.3 is 0 Å². The fourth-order valence-electron chi connectivity index (χ4n) is 3.03. The lowest BCUT2D eigenvalue weighted by molar-refractivity contribution is -0.151. The molecule has 2 fully saturated rings. The Labute approximate surface area is 154 Å². The largest absolute Gasteiger partial charge is 0.348 e. The molecule has 0 spiro atoms. The second-order valence-electron chi connectivity index (χ2n) is 7.36. The Morgan fingerprint density at radius 1 is 1.04 bits per heavy atom. The molecule has 2 aliphatic heterocycles. The van der Waals surface area contributed by atoms with Gasteiger partial charge in [0, 0.05) is 0 Å². The summed E-state index contributed by atoms with van der Waals surface area (Å²) in [7, 11) is -8.20. The minimum Gasteiger partial charge on any atom is -0.348 e. The summed E-state index contributed by atoms with van der Waals surface area (Å²) >= 11 is 0. The third-order valence-electron chi connectivity index (χ3n) is 4.02. The first-order valence-electron chi connectivity index (χ1n) is 8.06. The lowest BCUT2D eigenvalue weighted by Gasteiger charge is -2.25. The van der Waals surface area contributed by atoms with E-state index in [0.29, 0.717) is 0 Å². The molecule has 154 valence electrons. The fraction of sp³-hybridized carbons (Fsp3) is 1.00. The van der Waals surface area contributed by atoms with Gasteiger partial charge in [-0.05, 0) is 34.1 Å². The molecule has 10 nitrogen and oxygen atoms in total. The average molecular weight is 418 g/mol. The molecule has 0 amide bonds. The van der Waals surface area contributed by atoms with Gasteiger partial charge in [0.05, 0.1) is 25.6 Å². The van der Waals surface area contributed by atoms with Crippen LogP contribution in [0.15, 0.2) is 0 Å². The van der Waals surface area contributed by atoms with Crippen molar-refractivity contribution in [3.8, 4) is 0 Å². The minimum absolute atomic E-state index is 0.0149. The van der Waals surface area contributed by atoms with Crippen molar-refractivity contribution in [2.45, 2.75) is 69.3 Å². The van der Waals surface area contributed by atoms with E-state index < -0.39 is 55.4 Å². The van der Waals surface area contributed by atoms with Crippen LogP contribution < -0.4 is 0 Å². The molecular weight excluding hydrogens is 392 g/mol. The molecule has 2 saturated heterocycles. The zero-order valence-corrected chi connectivity index (χ0v) is 17.0. The highest BCUT2D eigenvalue weighted by atomic mass is 32.2. The fourth-order valence-corrected chi connectivity index (χ4v) is 4.37. The van der Waals surface area contributed by atoms with Gasteiger partial charge in [0.15, 0.2) is 11.6 Å². The molecule has 0 aromatic rings. The lowest BCUT2D eigenvalue weighted by Crippen LogP contribution is -2.42. The monoisotopic (exact) mass is 418 g/mol. The average Bonchev–Trinajstić information content (AvgIpc) is 2.90. The number of hydrogen-bond donors (Lipinski definition) is 1. The smallest absolute Gasteiger partial charge is 0.270 e. The maximum absolute atomic E-state index is 11.9. The van der Waals surface area contributed by atoms with Crippen LogP contribution in [0.4, 0.5) is 0 Å². The van der Waals surface area contributed by atoms with E-state index in [1.54, 1.807) is 27.7 Å². The van der Waals surface area contributed by atoms with E-state index in [1.807, 2.05) is 0 Å². The zero-order valence-electron chi connectivity index (χ0n) is 15.4. The Kier molecular flexibility index (Phi) is 6.12. The van der Waals surface area contributed by atoms with E-state index in [0.717, 1.165) is 6.26 Å². The van der Waals surface area contributed by atoms with Crippen molar-refractivity contribution in [3.63, 3.8) is 0 Å². The second kappa shape index (κ2) is 7.24. The predicted molar refractivity (Wildman–Crippen MR) is 89.5 cm³/mol. The Balaban J connectivity index is 2.16. The highest BCUT2D eigenvalue weighted by molar-refractivity contribution is 7.86. The molecule has 2 rings (SSSR count). The van der Waals surface area contributed by atoms with E-state index in [4.69, 9.17) is 23.1 Å². The molecule has 0 aliphatic carbocycles. The van der Waals surface area contributed by atoms with Gasteiger partial charge in [-0.2, -0.15) is 16.8 Å². The first kappa shape index (κ1) is 22.0. The molecule has 4 atom stereocenters. The summed E-state index contributed by atoms with van der Waals surface area (Å²) in [6.07, 6.45) is -1.84. The van der Waals surface area contributed by atoms with Crippen molar-refractivity contribution in [1.82, 2.24) is 0 Å². The van der Waals surface area contributed by atoms with Gasteiger partial charge in [0.2, 0.25) is 0 Å². The van der Waals surface area contributed by atoms with Crippen LogP contribution in [0.25, 0.3) is 0 Å². The normalized spacial score (nSPS) is 32.6. The van der Waals surface area contributed by atoms with E-state index in [2.05, 4.69) is 0 Å². The van der Waals surface area contributed by atoms with Gasteiger partial charge < -0.3 is 18.9 Å². The van der Waals surface area contributed by atoms with Gasteiger partial charge in [-0.1, -0.05) is 0 Å². The first-order valence-corrected chi connectivity index (χ1v) is 11.4. The van der Waals surface area contributed by atoms with Gasteiger partial charge in [0.25, 0.3) is 20.2 Å². The van der Waals surface area contributed by atoms with Crippen molar-refractivity contribution >= 4 is 20.2 Å². The van der Waals surface area contributed by atoms with E-state index in [1.165, 1.54) is 0 Å². The van der Waals surface area contributed by atoms with Crippen LogP contribution in [0.1, 0.15) is 34.1 Å². The summed E-state index contributed by atoms with van der Waals surface area (Å²) in [5.74, 6) is -2.04. The van der Waals surface area contributed by atoms with Crippen molar-refractivity contribution in [3.05, 3.63) is 0 Å². The molecule has 12 heteroatoms. The number of hydrogen-bond acceptors (Lipinski definition) is 9. The van der Waals surface area contributed by atoms with E-state index in [9.17, 15) is 21.4 Å². The van der Waals surface area contributed by atoms with Crippen molar-refractivity contribution < 1.29 is 44.5 Å². The molecule has 26 heavy (non-hydrogen) atoms. The maximum atomic E-state index is 11.9. The minimum atomic E-state index is -4.49. The Morgan fingerprint density at radius 2 is 1.62 bits per heavy atom. The number of ether oxygens (including phenoxy) is 4. The molecule has 0 aromatic heterocycles. The SMILES string of the molecule is CC1(C)OCC(C(C[C@@H]2OC(C)(C)O[C@H]2COS(C)(=O)=O)S(=O)(=O)O)O1. The predicted octanol–water partition coefficient (Wildman–Crippen LogP) is 0.281. The number of rotatable bonds is 7. The van der Waals surface area contributed by atoms with Crippen molar-refractivity contribution in [2.24, 2.45) is 0 Å². The summed E-state index contributed by atoms with van der Waals surface area (Å²) in [5, 5.41) is -1.33. The molecule has 2 heterocycles. The lowest BCUT2D eigenvalue weighted by atomic mass is 10.1. The Hall–Kier alpha value is -0.340. The Bertz CT molecular complexity index is 712. The quantitative estimate of drug-likeness (QED) is 0.454. The van der Waals surface area contributed by atoms with Crippen LogP contribution in [-0.2, 0) is 43.4 Å². The Morgan fingerprint density at radius 3 is 2.08 bits per heavy atom. The van der Waals surface area contributed by atoms with E-state index in [-0.39, 0.29) is 19.6 Å². The molecule has 0 aromatic carbocycles. The molecule has 2 aliphatic rings. The van der Waals surface area contributed by atoms with Gasteiger partial charge in [-0.3, -0.25) is 8.74 Å². The summed E-state index contributed by atoms with van der Waals surface area (Å²) in [5.41, 5.74) is 0. The highest BCUT2D eigenvalue weighted by Gasteiger charge is 2.48. The third-order valence-corrected chi connectivity index (χ3v) is 5.85. The third kappa shape index (κ3) is 6.09. The molecule has 0 radical (unpaired) electrons. The summed E-state index contributed by atoms with van der Waals surface area (Å²) < 4.78 is 82.9. The molecule has 1 N–H and O–H groups in total. The van der Waals surface area contributed by atoms with E-state index >= 15 is 0 Å². The van der Waals surface area contributed by atoms with Crippen LogP contribution in [0.5, 0.6) is 0 Å². The van der Waals surface area contributed by atoms with Crippen molar-refractivity contribution in [2.75, 3.05) is 19.5 Å². The van der Waals surface area contributed by atoms with Crippen molar-refractivity contribution in [1.29, 1.82) is 0 Å². The first-order chi connectivity index (χ1) is 11.6. The molecule has 0 saturated carbocycles. The highest BCUT2D eigenvalue weighted by Crippen LogP contribution is 2.35. The summed E-state index contributed by atoms with van der Waals surface area (Å²) in [6, 6.07) is 0. The van der Waals surface area contributed by atoms with Crippen LogP contribution in [0, 0.1) is 0 Å². The van der Waals surface area contributed by atoms with Gasteiger partial charge in [0.1, 0.15) is 17.5 Å². The molecule has 0 bridgehead atoms. The van der Waals surface area contributed by atoms with Crippen LogP contribution >= 0.6 is 0 Å². The summed E-state index contributed by atoms with van der Waals surface area (Å²) in [4.78, 5) is 0. The van der Waals surface area contributed by atoms with Crippen LogP contribution in [-0.4, -0.2) is 76.0 Å². The summed E-state index contributed by atoms with van der Waals surface area (Å²) in [6.45, 7) is 6.14. The molecule has 2 unspecified atom stereocenters. The zero-order chi connectivity index (χ0) is 20.0. The molecular formula is C14H26O10S2. The van der Waals surface area contributed by atoms with Gasteiger partial charge in [-0.15, -0.1) is 0 Å². The second-order valence-corrected chi connectivity index (χ2v) is 10.6. The maximum Gasteiger partial charge on any atom is 0.270 e.